The second-order valence-corrected chi connectivity index (χ2v) is 4.94. The van der Waals surface area contributed by atoms with Gasteiger partial charge in [0, 0.05) is 25.0 Å². The van der Waals surface area contributed by atoms with Crippen LogP contribution in [0.5, 0.6) is 0 Å². The Bertz CT molecular complexity index is 853. The maximum absolute atomic E-state index is 13.1. The molecule has 3 aromatic rings. The van der Waals surface area contributed by atoms with Gasteiger partial charge in [-0.15, -0.1) is 0 Å². The monoisotopic (exact) mass is 279 g/mol. The summed E-state index contributed by atoms with van der Waals surface area (Å²) >= 11 is 0. The van der Waals surface area contributed by atoms with Gasteiger partial charge in [-0.05, 0) is 30.2 Å². The number of rotatable bonds is 1. The van der Waals surface area contributed by atoms with Crippen molar-refractivity contribution >= 4 is 16.7 Å². The third-order valence-electron chi connectivity index (χ3n) is 3.15. The largest absolute Gasteiger partial charge is 0.377 e. The van der Waals surface area contributed by atoms with Crippen LogP contribution in [0.3, 0.4) is 0 Å². The number of aromatic amines is 1. The normalized spacial score (nSPS) is 10.2. The van der Waals surface area contributed by atoms with Gasteiger partial charge in [-0.2, -0.15) is 0 Å². The summed E-state index contributed by atoms with van der Waals surface area (Å²) in [6.07, 6.45) is 1.19. The Labute approximate surface area is 122 Å². The molecule has 2 aromatic heterocycles. The summed E-state index contributed by atoms with van der Waals surface area (Å²) in [5.74, 6) is 5.86. The molecule has 0 saturated carbocycles. The van der Waals surface area contributed by atoms with Gasteiger partial charge in [0.1, 0.15) is 11.5 Å². The zero-order valence-corrected chi connectivity index (χ0v) is 11.8. The number of aromatic nitrogens is 2. The van der Waals surface area contributed by atoms with E-state index in [1.807, 2.05) is 43.3 Å². The minimum absolute atomic E-state index is 0.348. The summed E-state index contributed by atoms with van der Waals surface area (Å²) in [5.41, 5.74) is 3.36. The molecule has 0 aliphatic heterocycles. The summed E-state index contributed by atoms with van der Waals surface area (Å²) in [5, 5.41) is 0.722. The first-order valence-electron chi connectivity index (χ1n) is 6.56. The minimum atomic E-state index is -0.348. The molecule has 3 rings (SSSR count). The fraction of sp³-hybridized carbons (Fsp3) is 0.118. The van der Waals surface area contributed by atoms with Gasteiger partial charge in [0.05, 0.1) is 17.6 Å². The number of fused-ring (bicyclic) bond motifs is 1. The molecule has 0 spiro atoms. The number of para-hydroxylation sites is 1. The summed E-state index contributed by atoms with van der Waals surface area (Å²) in [6, 6.07) is 11.2. The van der Waals surface area contributed by atoms with Crippen molar-refractivity contribution in [2.45, 2.75) is 0 Å². The number of anilines is 1. The van der Waals surface area contributed by atoms with Crippen molar-refractivity contribution in [3.05, 3.63) is 59.7 Å². The number of nitrogens with one attached hydrogen (secondary N) is 1. The zero-order valence-electron chi connectivity index (χ0n) is 11.8. The molecule has 3 nitrogen and oxygen atoms in total. The third kappa shape index (κ3) is 2.72. The molecular formula is C17H14FN3. The molecule has 4 heteroatoms. The van der Waals surface area contributed by atoms with E-state index in [0.717, 1.165) is 22.3 Å². The Kier molecular flexibility index (Phi) is 3.33. The van der Waals surface area contributed by atoms with Crippen molar-refractivity contribution < 1.29 is 4.39 Å². The van der Waals surface area contributed by atoms with E-state index < -0.39 is 0 Å². The number of hydrogen-bond acceptors (Lipinski definition) is 2. The number of halogens is 1. The smallest absolute Gasteiger partial charge is 0.142 e. The van der Waals surface area contributed by atoms with E-state index in [-0.39, 0.29) is 5.82 Å². The van der Waals surface area contributed by atoms with Crippen LogP contribution in [0.1, 0.15) is 11.3 Å². The third-order valence-corrected chi connectivity index (χ3v) is 3.15. The van der Waals surface area contributed by atoms with E-state index in [4.69, 9.17) is 0 Å². The molecule has 0 saturated heterocycles. The maximum atomic E-state index is 13.1. The van der Waals surface area contributed by atoms with Crippen molar-refractivity contribution in [1.82, 2.24) is 9.97 Å². The topological polar surface area (TPSA) is 31.9 Å². The molecule has 0 bridgehead atoms. The molecule has 1 aromatic carbocycles. The summed E-state index contributed by atoms with van der Waals surface area (Å²) < 4.78 is 13.1. The van der Waals surface area contributed by atoms with E-state index in [9.17, 15) is 4.39 Å². The Morgan fingerprint density at radius 2 is 1.95 bits per heavy atom. The number of benzene rings is 1. The molecule has 0 unspecified atom stereocenters. The Morgan fingerprint density at radius 1 is 1.14 bits per heavy atom. The van der Waals surface area contributed by atoms with Gasteiger partial charge >= 0.3 is 0 Å². The van der Waals surface area contributed by atoms with Crippen LogP contribution in [0.4, 0.5) is 10.1 Å². The molecule has 0 aliphatic carbocycles. The average Bonchev–Trinajstić information content (AvgIpc) is 2.87. The summed E-state index contributed by atoms with van der Waals surface area (Å²) in [7, 11) is 3.96. The predicted molar refractivity (Wildman–Crippen MR) is 82.8 cm³/mol. The van der Waals surface area contributed by atoms with E-state index in [1.54, 1.807) is 6.07 Å². The van der Waals surface area contributed by atoms with Gasteiger partial charge in [-0.1, -0.05) is 18.1 Å². The Morgan fingerprint density at radius 3 is 2.76 bits per heavy atom. The number of H-pyrrole nitrogens is 1. The number of nitrogens with zero attached hydrogens (tertiary/aromatic N) is 2. The first-order valence-corrected chi connectivity index (χ1v) is 6.56. The van der Waals surface area contributed by atoms with Crippen LogP contribution in [0.2, 0.25) is 0 Å². The molecule has 0 radical (unpaired) electrons. The van der Waals surface area contributed by atoms with Gasteiger partial charge in [-0.3, -0.25) is 0 Å². The minimum Gasteiger partial charge on any atom is -0.377 e. The van der Waals surface area contributed by atoms with Crippen LogP contribution in [0.15, 0.2) is 42.6 Å². The number of pyridine rings is 1. The van der Waals surface area contributed by atoms with E-state index in [2.05, 4.69) is 21.8 Å². The first kappa shape index (κ1) is 13.2. The lowest BCUT2D eigenvalue weighted by Gasteiger charge is -2.13. The molecule has 0 aliphatic rings. The van der Waals surface area contributed by atoms with Crippen LogP contribution < -0.4 is 4.90 Å². The predicted octanol–water partition coefficient (Wildman–Crippen LogP) is 3.17. The highest BCUT2D eigenvalue weighted by atomic mass is 19.1. The molecule has 0 amide bonds. The van der Waals surface area contributed by atoms with Gasteiger partial charge in [0.2, 0.25) is 0 Å². The van der Waals surface area contributed by atoms with E-state index in [0.29, 0.717) is 5.65 Å². The van der Waals surface area contributed by atoms with Crippen LogP contribution in [-0.4, -0.2) is 24.1 Å². The molecular weight excluding hydrogens is 265 g/mol. The maximum Gasteiger partial charge on any atom is 0.142 e. The van der Waals surface area contributed by atoms with Gasteiger partial charge in [-0.25, -0.2) is 9.37 Å². The lowest BCUT2D eigenvalue weighted by Crippen LogP contribution is -2.09. The van der Waals surface area contributed by atoms with Crippen molar-refractivity contribution in [1.29, 1.82) is 0 Å². The van der Waals surface area contributed by atoms with Crippen molar-refractivity contribution in [2.75, 3.05) is 19.0 Å². The van der Waals surface area contributed by atoms with Crippen LogP contribution in [-0.2, 0) is 0 Å². The van der Waals surface area contributed by atoms with Crippen molar-refractivity contribution in [2.24, 2.45) is 0 Å². The summed E-state index contributed by atoms with van der Waals surface area (Å²) in [6.45, 7) is 0. The van der Waals surface area contributed by atoms with Gasteiger partial charge in [0.15, 0.2) is 0 Å². The molecule has 0 atom stereocenters. The van der Waals surface area contributed by atoms with Crippen molar-refractivity contribution in [3.63, 3.8) is 0 Å². The molecule has 0 fully saturated rings. The SMILES string of the molecule is CN(C)c1ccccc1C#Cc1cc2cc(F)cnc2[nH]1. The Balaban J connectivity index is 2.00. The highest BCUT2D eigenvalue weighted by Gasteiger charge is 2.02. The lowest BCUT2D eigenvalue weighted by atomic mass is 10.1. The molecule has 1 N–H and O–H groups in total. The summed E-state index contributed by atoms with van der Waals surface area (Å²) in [4.78, 5) is 9.09. The lowest BCUT2D eigenvalue weighted by molar-refractivity contribution is 0.624. The molecule has 2 heterocycles. The second-order valence-electron chi connectivity index (χ2n) is 4.94. The highest BCUT2D eigenvalue weighted by Crippen LogP contribution is 2.17. The van der Waals surface area contributed by atoms with Crippen LogP contribution in [0, 0.1) is 17.7 Å². The molecule has 104 valence electrons. The van der Waals surface area contributed by atoms with Gasteiger partial charge < -0.3 is 9.88 Å². The second kappa shape index (κ2) is 5.29. The van der Waals surface area contributed by atoms with Crippen molar-refractivity contribution in [3.8, 4) is 11.8 Å². The first-order chi connectivity index (χ1) is 10.1. The Hall–Kier alpha value is -2.80. The fourth-order valence-corrected chi connectivity index (χ4v) is 2.16. The van der Waals surface area contributed by atoms with Crippen LogP contribution >= 0.6 is 0 Å². The number of hydrogen-bond donors (Lipinski definition) is 1. The quantitative estimate of drug-likeness (QED) is 0.694. The van der Waals surface area contributed by atoms with E-state index in [1.165, 1.54) is 12.3 Å². The fourth-order valence-electron chi connectivity index (χ4n) is 2.16. The highest BCUT2D eigenvalue weighted by molar-refractivity contribution is 5.77. The molecule has 21 heavy (non-hydrogen) atoms. The van der Waals surface area contributed by atoms with E-state index >= 15 is 0 Å². The van der Waals surface area contributed by atoms with Gasteiger partial charge in [0.25, 0.3) is 0 Å². The standard InChI is InChI=1S/C17H14FN3/c1-21(2)16-6-4-3-5-12(16)7-8-15-10-13-9-14(18)11-19-17(13)20-15/h3-6,9-11H,1-2H3,(H,19,20). The average molecular weight is 279 g/mol. The van der Waals surface area contributed by atoms with Crippen LogP contribution in [0.25, 0.3) is 11.0 Å². The zero-order chi connectivity index (χ0) is 14.8.